The highest BCUT2D eigenvalue weighted by Gasteiger charge is 2.45. The number of likely N-dealkylation sites (tertiary alicyclic amines) is 1. The SMILES string of the molecule is CCC(=O)OC1(c2ccccc2)CCN(CCc2ccccc2)CC1C. The molecule has 2 unspecified atom stereocenters. The fourth-order valence-electron chi connectivity index (χ4n) is 3.97. The third-order valence-corrected chi connectivity index (χ3v) is 5.53. The van der Waals surface area contributed by atoms with Crippen molar-refractivity contribution >= 4 is 5.97 Å². The molecule has 0 radical (unpaired) electrons. The maximum absolute atomic E-state index is 12.2. The Labute approximate surface area is 157 Å². The van der Waals surface area contributed by atoms with Crippen LogP contribution in [0.15, 0.2) is 60.7 Å². The molecule has 0 bridgehead atoms. The Morgan fingerprint density at radius 3 is 2.38 bits per heavy atom. The van der Waals surface area contributed by atoms with Crippen molar-refractivity contribution in [1.29, 1.82) is 0 Å². The molecule has 0 N–H and O–H groups in total. The molecule has 26 heavy (non-hydrogen) atoms. The summed E-state index contributed by atoms with van der Waals surface area (Å²) in [6.07, 6.45) is 2.32. The molecule has 3 nitrogen and oxygen atoms in total. The summed E-state index contributed by atoms with van der Waals surface area (Å²) in [6.45, 7) is 7.01. The molecule has 2 aromatic rings. The molecule has 1 aliphatic heterocycles. The molecule has 3 heteroatoms. The van der Waals surface area contributed by atoms with Gasteiger partial charge >= 0.3 is 5.97 Å². The standard InChI is InChI=1S/C23H29NO2/c1-3-22(25)26-23(21-12-8-5-9-13-21)15-17-24(18-19(23)2)16-14-20-10-6-4-7-11-20/h4-13,19H,3,14-18H2,1-2H3. The number of benzene rings is 2. The molecule has 0 saturated carbocycles. The number of carbonyl (C=O) groups is 1. The number of hydrogen-bond acceptors (Lipinski definition) is 3. The maximum atomic E-state index is 12.2. The molecule has 138 valence electrons. The predicted molar refractivity (Wildman–Crippen MR) is 105 cm³/mol. The normalized spacial score (nSPS) is 23.5. The molecule has 2 aromatic carbocycles. The number of piperidine rings is 1. The number of nitrogens with zero attached hydrogens (tertiary/aromatic N) is 1. The van der Waals surface area contributed by atoms with E-state index in [4.69, 9.17) is 4.74 Å². The van der Waals surface area contributed by atoms with E-state index in [2.05, 4.69) is 54.3 Å². The zero-order valence-corrected chi connectivity index (χ0v) is 15.9. The largest absolute Gasteiger partial charge is 0.454 e. The third kappa shape index (κ3) is 4.16. The predicted octanol–water partition coefficient (Wildman–Crippen LogP) is 4.42. The first-order valence-corrected chi connectivity index (χ1v) is 9.67. The summed E-state index contributed by atoms with van der Waals surface area (Å²) in [5, 5.41) is 0. The van der Waals surface area contributed by atoms with E-state index in [0.29, 0.717) is 6.42 Å². The van der Waals surface area contributed by atoms with Gasteiger partial charge in [0.15, 0.2) is 0 Å². The van der Waals surface area contributed by atoms with Crippen molar-refractivity contribution in [2.75, 3.05) is 19.6 Å². The number of hydrogen-bond donors (Lipinski definition) is 0. The quantitative estimate of drug-likeness (QED) is 0.722. The molecule has 0 spiro atoms. The van der Waals surface area contributed by atoms with E-state index in [1.165, 1.54) is 5.56 Å². The zero-order valence-electron chi connectivity index (χ0n) is 15.9. The smallest absolute Gasteiger partial charge is 0.306 e. The fourth-order valence-corrected chi connectivity index (χ4v) is 3.97. The van der Waals surface area contributed by atoms with Gasteiger partial charge in [0.1, 0.15) is 5.60 Å². The van der Waals surface area contributed by atoms with Crippen LogP contribution in [0.5, 0.6) is 0 Å². The maximum Gasteiger partial charge on any atom is 0.306 e. The van der Waals surface area contributed by atoms with Crippen LogP contribution in [-0.2, 0) is 21.6 Å². The second-order valence-electron chi connectivity index (χ2n) is 7.27. The lowest BCUT2D eigenvalue weighted by Gasteiger charge is -2.46. The lowest BCUT2D eigenvalue weighted by molar-refractivity contribution is -0.175. The van der Waals surface area contributed by atoms with Gasteiger partial charge in [-0.2, -0.15) is 0 Å². The second kappa shape index (κ2) is 8.50. The highest BCUT2D eigenvalue weighted by molar-refractivity contribution is 5.69. The minimum Gasteiger partial charge on any atom is -0.454 e. The molecule has 0 aromatic heterocycles. The lowest BCUT2D eigenvalue weighted by atomic mass is 9.76. The summed E-state index contributed by atoms with van der Waals surface area (Å²) in [5.74, 6) is 0.142. The number of rotatable bonds is 6. The Kier molecular flexibility index (Phi) is 6.10. The van der Waals surface area contributed by atoms with Gasteiger partial charge in [-0.1, -0.05) is 74.5 Å². The third-order valence-electron chi connectivity index (χ3n) is 5.53. The number of esters is 1. The van der Waals surface area contributed by atoms with Crippen molar-refractivity contribution in [2.45, 2.75) is 38.7 Å². The second-order valence-corrected chi connectivity index (χ2v) is 7.27. The van der Waals surface area contributed by atoms with Crippen molar-refractivity contribution in [3.8, 4) is 0 Å². The van der Waals surface area contributed by atoms with E-state index in [-0.39, 0.29) is 11.9 Å². The van der Waals surface area contributed by atoms with E-state index in [0.717, 1.165) is 38.0 Å². The Bertz CT molecular complexity index is 701. The molecule has 0 aliphatic carbocycles. The average molecular weight is 351 g/mol. The Hall–Kier alpha value is -2.13. The summed E-state index contributed by atoms with van der Waals surface area (Å²) in [7, 11) is 0. The van der Waals surface area contributed by atoms with Gasteiger partial charge in [-0.15, -0.1) is 0 Å². The number of carbonyl (C=O) groups excluding carboxylic acids is 1. The molecular formula is C23H29NO2. The van der Waals surface area contributed by atoms with Crippen LogP contribution < -0.4 is 0 Å². The highest BCUT2D eigenvalue weighted by Crippen LogP contribution is 2.41. The van der Waals surface area contributed by atoms with Crippen molar-refractivity contribution in [3.05, 3.63) is 71.8 Å². The first-order chi connectivity index (χ1) is 12.6. The van der Waals surface area contributed by atoms with Crippen LogP contribution in [-0.4, -0.2) is 30.5 Å². The zero-order chi connectivity index (χ0) is 18.4. The van der Waals surface area contributed by atoms with Gasteiger partial charge in [-0.05, 0) is 17.5 Å². The van der Waals surface area contributed by atoms with E-state index < -0.39 is 5.60 Å². The van der Waals surface area contributed by atoms with Gasteiger partial charge in [0.2, 0.25) is 0 Å². The number of ether oxygens (including phenoxy) is 1. The van der Waals surface area contributed by atoms with Crippen molar-refractivity contribution in [1.82, 2.24) is 4.90 Å². The van der Waals surface area contributed by atoms with Gasteiger partial charge in [-0.3, -0.25) is 4.79 Å². The molecular weight excluding hydrogens is 322 g/mol. The van der Waals surface area contributed by atoms with E-state index in [9.17, 15) is 4.79 Å². The molecule has 0 amide bonds. The van der Waals surface area contributed by atoms with Crippen LogP contribution in [0, 0.1) is 5.92 Å². The van der Waals surface area contributed by atoms with E-state index >= 15 is 0 Å². The average Bonchev–Trinajstić information content (AvgIpc) is 2.69. The summed E-state index contributed by atoms with van der Waals surface area (Å²) < 4.78 is 6.07. The van der Waals surface area contributed by atoms with Crippen molar-refractivity contribution < 1.29 is 9.53 Å². The fraction of sp³-hybridized carbons (Fsp3) is 0.435. The minimum absolute atomic E-state index is 0.113. The molecule has 1 aliphatic rings. The van der Waals surface area contributed by atoms with Crippen LogP contribution in [0.4, 0.5) is 0 Å². The van der Waals surface area contributed by atoms with E-state index in [1.807, 2.05) is 25.1 Å². The topological polar surface area (TPSA) is 29.5 Å². The Morgan fingerprint density at radius 1 is 1.12 bits per heavy atom. The first kappa shape index (κ1) is 18.7. The Balaban J connectivity index is 1.71. The molecule has 1 saturated heterocycles. The minimum atomic E-state index is -0.502. The van der Waals surface area contributed by atoms with Crippen LogP contribution in [0.1, 0.15) is 37.8 Å². The highest BCUT2D eigenvalue weighted by atomic mass is 16.6. The van der Waals surface area contributed by atoms with Gasteiger partial charge in [0.05, 0.1) is 0 Å². The molecule has 2 atom stereocenters. The summed E-state index contributed by atoms with van der Waals surface area (Å²) in [4.78, 5) is 14.7. The van der Waals surface area contributed by atoms with E-state index in [1.54, 1.807) is 0 Å². The monoisotopic (exact) mass is 351 g/mol. The van der Waals surface area contributed by atoms with Gasteiger partial charge in [0, 0.05) is 38.4 Å². The van der Waals surface area contributed by atoms with Crippen LogP contribution in [0.3, 0.4) is 0 Å². The van der Waals surface area contributed by atoms with Gasteiger partial charge in [0.25, 0.3) is 0 Å². The molecule has 3 rings (SSSR count). The summed E-state index contributed by atoms with van der Waals surface area (Å²) in [5.41, 5.74) is 1.99. The van der Waals surface area contributed by atoms with Crippen LogP contribution in [0.2, 0.25) is 0 Å². The van der Waals surface area contributed by atoms with Gasteiger partial charge < -0.3 is 9.64 Å². The lowest BCUT2D eigenvalue weighted by Crippen LogP contribution is -2.51. The molecule has 1 heterocycles. The Morgan fingerprint density at radius 2 is 1.77 bits per heavy atom. The summed E-state index contributed by atoms with van der Waals surface area (Å²) >= 11 is 0. The van der Waals surface area contributed by atoms with Crippen molar-refractivity contribution in [2.24, 2.45) is 5.92 Å². The van der Waals surface area contributed by atoms with Crippen LogP contribution in [0.25, 0.3) is 0 Å². The summed E-state index contributed by atoms with van der Waals surface area (Å²) in [6, 6.07) is 20.9. The first-order valence-electron chi connectivity index (χ1n) is 9.67. The van der Waals surface area contributed by atoms with Crippen molar-refractivity contribution in [3.63, 3.8) is 0 Å². The van der Waals surface area contributed by atoms with Crippen LogP contribution >= 0.6 is 0 Å². The molecule has 1 fully saturated rings. The van der Waals surface area contributed by atoms with Gasteiger partial charge in [-0.25, -0.2) is 0 Å².